The summed E-state index contributed by atoms with van der Waals surface area (Å²) in [7, 11) is 1.31. The Hall–Kier alpha value is -1.84. The molecule has 0 radical (unpaired) electrons. The first-order chi connectivity index (χ1) is 13.6. The summed E-state index contributed by atoms with van der Waals surface area (Å²) in [4.78, 5) is 24.1. The van der Waals surface area contributed by atoms with Crippen molar-refractivity contribution in [1.29, 1.82) is 0 Å². The van der Waals surface area contributed by atoms with Crippen molar-refractivity contribution in [2.24, 2.45) is 0 Å². The predicted octanol–water partition coefficient (Wildman–Crippen LogP) is 6.72. The van der Waals surface area contributed by atoms with E-state index in [1.54, 1.807) is 18.2 Å². The molecule has 1 rings (SSSR count). The Labute approximate surface area is 171 Å². The number of nitrogen functional groups attached to an aromatic ring is 1. The van der Waals surface area contributed by atoms with Gasteiger partial charge in [0.05, 0.1) is 18.4 Å². The van der Waals surface area contributed by atoms with Gasteiger partial charge in [0.1, 0.15) is 0 Å². The second-order valence-corrected chi connectivity index (χ2v) is 7.67. The standard InChI is InChI=1S/C24H39NO3/c1-3-4-5-6-7-8-9-10-11-12-13-14-15-19-22(26)20-17-16-18-21(23(20)25)24(27)28-2/h16-18H,3-15,19,25H2,1-2H3. The van der Waals surface area contributed by atoms with Crippen molar-refractivity contribution in [3.8, 4) is 0 Å². The van der Waals surface area contributed by atoms with Crippen molar-refractivity contribution in [2.45, 2.75) is 96.8 Å². The summed E-state index contributed by atoms with van der Waals surface area (Å²) in [6.45, 7) is 2.26. The van der Waals surface area contributed by atoms with Crippen LogP contribution in [-0.4, -0.2) is 18.9 Å². The molecule has 0 aliphatic carbocycles. The Morgan fingerprint density at radius 2 is 1.25 bits per heavy atom. The van der Waals surface area contributed by atoms with Gasteiger partial charge in [0.25, 0.3) is 0 Å². The van der Waals surface area contributed by atoms with Gasteiger partial charge in [-0.2, -0.15) is 0 Å². The highest BCUT2D eigenvalue weighted by Gasteiger charge is 2.16. The molecule has 0 saturated carbocycles. The van der Waals surface area contributed by atoms with E-state index >= 15 is 0 Å². The number of ether oxygens (including phenoxy) is 1. The first kappa shape index (κ1) is 24.2. The summed E-state index contributed by atoms with van der Waals surface area (Å²) in [5.41, 5.74) is 6.91. The molecule has 28 heavy (non-hydrogen) atoms. The third-order valence-electron chi connectivity index (χ3n) is 5.32. The maximum absolute atomic E-state index is 12.4. The van der Waals surface area contributed by atoms with Crippen LogP contribution in [0.3, 0.4) is 0 Å². The molecule has 1 aromatic carbocycles. The van der Waals surface area contributed by atoms with Crippen LogP contribution in [0.25, 0.3) is 0 Å². The number of benzene rings is 1. The van der Waals surface area contributed by atoms with Crippen molar-refractivity contribution in [1.82, 2.24) is 0 Å². The van der Waals surface area contributed by atoms with E-state index < -0.39 is 5.97 Å². The number of para-hydroxylation sites is 1. The minimum Gasteiger partial charge on any atom is -0.465 e. The number of nitrogens with two attached hydrogens (primary N) is 1. The van der Waals surface area contributed by atoms with Gasteiger partial charge in [-0.25, -0.2) is 4.79 Å². The Kier molecular flexibility index (Phi) is 13.1. The molecule has 0 heterocycles. The molecule has 4 heteroatoms. The molecule has 0 aliphatic heterocycles. The molecule has 2 N–H and O–H groups in total. The summed E-state index contributed by atoms with van der Waals surface area (Å²) in [5, 5.41) is 0. The third kappa shape index (κ3) is 9.38. The lowest BCUT2D eigenvalue weighted by Gasteiger charge is -2.09. The zero-order valence-corrected chi connectivity index (χ0v) is 17.9. The largest absolute Gasteiger partial charge is 0.465 e. The normalized spacial score (nSPS) is 10.8. The van der Waals surface area contributed by atoms with Crippen molar-refractivity contribution in [3.05, 3.63) is 29.3 Å². The SMILES string of the molecule is CCCCCCCCCCCCCCCC(=O)c1cccc(C(=O)OC)c1N. The van der Waals surface area contributed by atoms with Crippen molar-refractivity contribution >= 4 is 17.4 Å². The smallest absolute Gasteiger partial charge is 0.339 e. The molecule has 4 nitrogen and oxygen atoms in total. The zero-order chi connectivity index (χ0) is 20.6. The fourth-order valence-corrected chi connectivity index (χ4v) is 3.53. The van der Waals surface area contributed by atoms with Gasteiger partial charge in [0.15, 0.2) is 5.78 Å². The van der Waals surface area contributed by atoms with Gasteiger partial charge in [-0.1, -0.05) is 90.0 Å². The molecule has 0 bridgehead atoms. The van der Waals surface area contributed by atoms with Crippen molar-refractivity contribution in [3.63, 3.8) is 0 Å². The highest BCUT2D eigenvalue weighted by molar-refractivity contribution is 6.06. The van der Waals surface area contributed by atoms with Crippen LogP contribution in [0.5, 0.6) is 0 Å². The van der Waals surface area contributed by atoms with E-state index in [9.17, 15) is 9.59 Å². The molecule has 0 aliphatic rings. The minimum absolute atomic E-state index is 0.00586. The van der Waals surface area contributed by atoms with Crippen LogP contribution < -0.4 is 5.73 Å². The highest BCUT2D eigenvalue weighted by Crippen LogP contribution is 2.21. The summed E-state index contributed by atoms with van der Waals surface area (Å²) in [5.74, 6) is -0.501. The molecule has 0 amide bonds. The topological polar surface area (TPSA) is 69.4 Å². The Morgan fingerprint density at radius 1 is 0.786 bits per heavy atom. The van der Waals surface area contributed by atoms with Crippen LogP contribution in [0.1, 0.15) is 118 Å². The number of unbranched alkanes of at least 4 members (excludes halogenated alkanes) is 12. The molecular formula is C24H39NO3. The quantitative estimate of drug-likeness (QED) is 0.147. The summed E-state index contributed by atoms with van der Waals surface area (Å²) in [6, 6.07) is 4.95. The number of hydrogen-bond acceptors (Lipinski definition) is 4. The van der Waals surface area contributed by atoms with E-state index in [1.807, 2.05) is 0 Å². The van der Waals surface area contributed by atoms with E-state index in [0.717, 1.165) is 12.8 Å². The Bertz CT molecular complexity index is 583. The van der Waals surface area contributed by atoms with Crippen molar-refractivity contribution in [2.75, 3.05) is 12.8 Å². The fraction of sp³-hybridized carbons (Fsp3) is 0.667. The number of rotatable bonds is 16. The molecule has 0 saturated heterocycles. The van der Waals surface area contributed by atoms with Gasteiger partial charge in [-0.15, -0.1) is 0 Å². The number of ketones is 1. The van der Waals surface area contributed by atoms with E-state index in [2.05, 4.69) is 6.92 Å². The summed E-state index contributed by atoms with van der Waals surface area (Å²) < 4.78 is 4.70. The van der Waals surface area contributed by atoms with Crippen LogP contribution >= 0.6 is 0 Å². The lowest BCUT2D eigenvalue weighted by atomic mass is 9.99. The van der Waals surface area contributed by atoms with Gasteiger partial charge in [0, 0.05) is 12.0 Å². The number of hydrogen-bond donors (Lipinski definition) is 1. The second-order valence-electron chi connectivity index (χ2n) is 7.67. The van der Waals surface area contributed by atoms with Gasteiger partial charge in [-0.3, -0.25) is 4.79 Å². The lowest BCUT2D eigenvalue weighted by Crippen LogP contribution is -2.11. The van der Waals surface area contributed by atoms with Crippen LogP contribution in [0, 0.1) is 0 Å². The number of Topliss-reactive ketones (excluding diaryl/α,β-unsaturated/α-hetero) is 1. The fourth-order valence-electron chi connectivity index (χ4n) is 3.53. The molecule has 158 valence electrons. The van der Waals surface area contributed by atoms with Gasteiger partial charge in [0.2, 0.25) is 0 Å². The maximum atomic E-state index is 12.4. The summed E-state index contributed by atoms with van der Waals surface area (Å²) in [6.07, 6.45) is 17.1. The number of carbonyl (C=O) groups is 2. The second kappa shape index (κ2) is 15.1. The maximum Gasteiger partial charge on any atom is 0.339 e. The summed E-state index contributed by atoms with van der Waals surface area (Å²) >= 11 is 0. The lowest BCUT2D eigenvalue weighted by molar-refractivity contribution is 0.0602. The monoisotopic (exact) mass is 389 g/mol. The highest BCUT2D eigenvalue weighted by atomic mass is 16.5. The first-order valence-electron chi connectivity index (χ1n) is 11.1. The average molecular weight is 390 g/mol. The molecule has 0 unspecified atom stereocenters. The van der Waals surface area contributed by atoms with Crippen molar-refractivity contribution < 1.29 is 14.3 Å². The van der Waals surface area contributed by atoms with Gasteiger partial charge >= 0.3 is 5.97 Å². The van der Waals surface area contributed by atoms with Crippen LogP contribution in [0.15, 0.2) is 18.2 Å². The van der Waals surface area contributed by atoms with E-state index in [-0.39, 0.29) is 17.0 Å². The Balaban J connectivity index is 2.11. The molecule has 0 fully saturated rings. The number of methoxy groups -OCH3 is 1. The molecule has 0 atom stereocenters. The van der Waals surface area contributed by atoms with Gasteiger partial charge in [-0.05, 0) is 18.6 Å². The minimum atomic E-state index is -0.506. The van der Waals surface area contributed by atoms with Crippen LogP contribution in [0.2, 0.25) is 0 Å². The third-order valence-corrected chi connectivity index (χ3v) is 5.32. The van der Waals surface area contributed by atoms with E-state index in [4.69, 9.17) is 10.5 Å². The first-order valence-corrected chi connectivity index (χ1v) is 11.1. The molecule has 0 aromatic heterocycles. The molecule has 1 aromatic rings. The zero-order valence-electron chi connectivity index (χ0n) is 17.9. The number of anilines is 1. The number of esters is 1. The average Bonchev–Trinajstić information content (AvgIpc) is 2.70. The van der Waals surface area contributed by atoms with E-state index in [0.29, 0.717) is 12.0 Å². The van der Waals surface area contributed by atoms with Crippen LogP contribution in [0.4, 0.5) is 5.69 Å². The van der Waals surface area contributed by atoms with Crippen LogP contribution in [-0.2, 0) is 4.74 Å². The Morgan fingerprint density at radius 3 is 1.75 bits per heavy atom. The molecule has 0 spiro atoms. The van der Waals surface area contributed by atoms with E-state index in [1.165, 1.54) is 77.7 Å². The predicted molar refractivity (Wildman–Crippen MR) is 117 cm³/mol. The number of carbonyl (C=O) groups excluding carboxylic acids is 2. The van der Waals surface area contributed by atoms with Gasteiger partial charge < -0.3 is 10.5 Å². The molecular weight excluding hydrogens is 350 g/mol.